The molecule has 0 aromatic carbocycles. The maximum atomic E-state index is 12.5. The number of alkyl halides is 2. The molecule has 3 N–H and O–H groups in total. The molecule has 0 aromatic heterocycles. The van der Waals surface area contributed by atoms with E-state index in [9.17, 15) is 13.6 Å². The molecule has 11 heavy (non-hydrogen) atoms. The van der Waals surface area contributed by atoms with Crippen molar-refractivity contribution in [3.63, 3.8) is 0 Å². The molecule has 3 nitrogen and oxygen atoms in total. The fourth-order valence-electron chi connectivity index (χ4n) is 1.21. The zero-order valence-electron chi connectivity index (χ0n) is 5.76. The van der Waals surface area contributed by atoms with E-state index in [1.807, 2.05) is 0 Å². The Morgan fingerprint density at radius 2 is 1.82 bits per heavy atom. The summed E-state index contributed by atoms with van der Waals surface area (Å²) in [4.78, 5) is 10.4. The van der Waals surface area contributed by atoms with Gasteiger partial charge in [0.15, 0.2) is 0 Å². The number of carboxylic acid groups (broad SMARTS) is 1. The van der Waals surface area contributed by atoms with Crippen molar-refractivity contribution in [1.82, 2.24) is 0 Å². The van der Waals surface area contributed by atoms with Crippen molar-refractivity contribution >= 4 is 5.97 Å². The van der Waals surface area contributed by atoms with E-state index in [0.29, 0.717) is 0 Å². The predicted octanol–water partition coefficient (Wildman–Crippen LogP) is 0.238. The first-order valence-electron chi connectivity index (χ1n) is 3.26. The molecule has 0 radical (unpaired) electrons. The minimum atomic E-state index is -1.73. The van der Waals surface area contributed by atoms with Gasteiger partial charge in [-0.3, -0.25) is 4.79 Å². The summed E-state index contributed by atoms with van der Waals surface area (Å²) in [7, 11) is 0. The Balaban J connectivity index is 2.71. The molecule has 0 unspecified atom stereocenters. The molecule has 1 aliphatic carbocycles. The molecule has 1 fully saturated rings. The molecule has 3 atom stereocenters. The lowest BCUT2D eigenvalue weighted by Gasteiger charge is -2.15. The molecule has 0 aliphatic heterocycles. The molecule has 1 aliphatic rings. The van der Waals surface area contributed by atoms with E-state index in [4.69, 9.17) is 10.8 Å². The van der Waals surface area contributed by atoms with E-state index in [-0.39, 0.29) is 0 Å². The van der Waals surface area contributed by atoms with Gasteiger partial charge in [0.05, 0.1) is 0 Å². The minimum absolute atomic E-state index is 0.427. The van der Waals surface area contributed by atoms with Gasteiger partial charge >= 0.3 is 5.97 Å². The van der Waals surface area contributed by atoms with E-state index in [1.54, 1.807) is 0 Å². The van der Waals surface area contributed by atoms with Crippen molar-refractivity contribution in [1.29, 1.82) is 0 Å². The van der Waals surface area contributed by atoms with Crippen molar-refractivity contribution in [2.75, 3.05) is 0 Å². The van der Waals surface area contributed by atoms with Crippen LogP contribution in [0.3, 0.4) is 0 Å². The number of aliphatic carboxylic acids is 1. The second kappa shape index (κ2) is 2.41. The van der Waals surface area contributed by atoms with Crippen molar-refractivity contribution in [2.45, 2.75) is 30.7 Å². The van der Waals surface area contributed by atoms with Gasteiger partial charge in [0.1, 0.15) is 17.9 Å². The SMILES string of the molecule is N[C@@]1(C(=O)O)C[C@@H](F)[C@@H]([18F])C1. The Morgan fingerprint density at radius 3 is 2.00 bits per heavy atom. The lowest BCUT2D eigenvalue weighted by Crippen LogP contribution is -2.45. The number of carboxylic acids is 1. The first kappa shape index (κ1) is 8.39. The van der Waals surface area contributed by atoms with Gasteiger partial charge < -0.3 is 10.8 Å². The standard InChI is InChI=1S/C6H9F2NO2/c7-3-1-6(9,5(10)11)2-4(3)8/h3-4H,1-2,9H2,(H,10,11)/t3-,4+,6+/i7-1/m0/s1. The molecule has 0 spiro atoms. The van der Waals surface area contributed by atoms with Gasteiger partial charge in [0.2, 0.25) is 0 Å². The normalized spacial score (nSPS) is 44.3. The van der Waals surface area contributed by atoms with Crippen LogP contribution in [0.25, 0.3) is 0 Å². The number of rotatable bonds is 1. The van der Waals surface area contributed by atoms with E-state index in [2.05, 4.69) is 0 Å². The molecule has 0 bridgehead atoms. The summed E-state index contributed by atoms with van der Waals surface area (Å²) in [5.74, 6) is -1.33. The highest BCUT2D eigenvalue weighted by atomic mass is 19.1. The zero-order valence-corrected chi connectivity index (χ0v) is 5.76. The Morgan fingerprint density at radius 1 is 1.45 bits per heavy atom. The Labute approximate surface area is 62.2 Å². The summed E-state index contributed by atoms with van der Waals surface area (Å²) in [6.07, 6.45) is -4.31. The minimum Gasteiger partial charge on any atom is -0.480 e. The number of halogens is 2. The average Bonchev–Trinajstić information content (AvgIpc) is 2.09. The third kappa shape index (κ3) is 1.33. The maximum absolute atomic E-state index is 12.5. The van der Waals surface area contributed by atoms with Gasteiger partial charge in [-0.15, -0.1) is 0 Å². The van der Waals surface area contributed by atoms with E-state index in [1.165, 1.54) is 0 Å². The predicted molar refractivity (Wildman–Crippen MR) is 33.6 cm³/mol. The summed E-state index contributed by atoms with van der Waals surface area (Å²) in [5.41, 5.74) is 3.51. The molecule has 0 amide bonds. The summed E-state index contributed by atoms with van der Waals surface area (Å²) >= 11 is 0. The van der Waals surface area contributed by atoms with Crippen molar-refractivity contribution in [3.8, 4) is 0 Å². The number of hydrogen-bond acceptors (Lipinski definition) is 2. The van der Waals surface area contributed by atoms with E-state index in [0.717, 1.165) is 0 Å². The van der Waals surface area contributed by atoms with Crippen LogP contribution in [0.4, 0.5) is 8.78 Å². The fourth-order valence-corrected chi connectivity index (χ4v) is 1.21. The Bertz CT molecular complexity index is 175. The molecule has 1 saturated carbocycles. The highest BCUT2D eigenvalue weighted by Gasteiger charge is 2.48. The molecular weight excluding hydrogens is 155 g/mol. The molecule has 5 heteroatoms. The van der Waals surface area contributed by atoms with Crippen molar-refractivity contribution in [3.05, 3.63) is 0 Å². The average molecular weight is 164 g/mol. The molecule has 1 rings (SSSR count). The number of hydrogen-bond donors (Lipinski definition) is 2. The summed E-state index contributed by atoms with van der Waals surface area (Å²) < 4.78 is 24.9. The first-order valence-corrected chi connectivity index (χ1v) is 3.26. The van der Waals surface area contributed by atoms with Gasteiger partial charge in [-0.2, -0.15) is 0 Å². The number of carbonyl (C=O) groups is 1. The van der Waals surface area contributed by atoms with Crippen LogP contribution >= 0.6 is 0 Å². The van der Waals surface area contributed by atoms with Gasteiger partial charge in [-0.25, -0.2) is 8.78 Å². The monoisotopic (exact) mass is 164 g/mol. The summed E-state index contributed by atoms with van der Waals surface area (Å²) in [6, 6.07) is 0. The fraction of sp³-hybridized carbons (Fsp3) is 0.833. The third-order valence-corrected chi connectivity index (χ3v) is 1.94. The molecular formula is C6H9F2NO2. The van der Waals surface area contributed by atoms with Crippen LogP contribution in [0.15, 0.2) is 0 Å². The van der Waals surface area contributed by atoms with Crippen molar-refractivity contribution in [2.24, 2.45) is 5.73 Å². The smallest absolute Gasteiger partial charge is 0.323 e. The van der Waals surface area contributed by atoms with E-state index >= 15 is 0 Å². The quantitative estimate of drug-likeness (QED) is 0.583. The van der Waals surface area contributed by atoms with Gasteiger partial charge in [0, 0.05) is 12.8 Å². The second-order valence-electron chi connectivity index (χ2n) is 2.90. The molecule has 0 heterocycles. The second-order valence-corrected chi connectivity index (χ2v) is 2.90. The highest BCUT2D eigenvalue weighted by molar-refractivity contribution is 5.79. The van der Waals surface area contributed by atoms with Crippen LogP contribution in [0, 0.1) is 0 Å². The largest absolute Gasteiger partial charge is 0.480 e. The molecule has 0 saturated heterocycles. The molecule has 0 aromatic rings. The highest BCUT2D eigenvalue weighted by Crippen LogP contribution is 2.32. The van der Waals surface area contributed by atoms with Crippen LogP contribution in [-0.4, -0.2) is 29.0 Å². The van der Waals surface area contributed by atoms with Crippen LogP contribution in [0.5, 0.6) is 0 Å². The van der Waals surface area contributed by atoms with Crippen LogP contribution in [0.2, 0.25) is 0 Å². The lowest BCUT2D eigenvalue weighted by molar-refractivity contribution is -0.143. The van der Waals surface area contributed by atoms with Gasteiger partial charge in [0.25, 0.3) is 0 Å². The third-order valence-electron chi connectivity index (χ3n) is 1.94. The summed E-state index contributed by atoms with van der Waals surface area (Å²) in [6.45, 7) is 0. The van der Waals surface area contributed by atoms with Crippen LogP contribution in [-0.2, 0) is 4.79 Å². The first-order chi connectivity index (χ1) is 4.96. The Kier molecular flexibility index (Phi) is 1.83. The van der Waals surface area contributed by atoms with Crippen LogP contribution in [0.1, 0.15) is 12.8 Å². The van der Waals surface area contributed by atoms with Crippen LogP contribution < -0.4 is 5.73 Å². The van der Waals surface area contributed by atoms with Gasteiger partial charge in [-0.1, -0.05) is 0 Å². The number of nitrogens with two attached hydrogens (primary N) is 1. The van der Waals surface area contributed by atoms with Gasteiger partial charge in [-0.05, 0) is 0 Å². The molecule has 64 valence electrons. The Hall–Kier alpha value is -0.710. The van der Waals surface area contributed by atoms with Crippen molar-refractivity contribution < 1.29 is 18.7 Å². The van der Waals surface area contributed by atoms with E-state index < -0.39 is 36.7 Å². The maximum Gasteiger partial charge on any atom is 0.323 e. The zero-order chi connectivity index (χ0) is 8.65. The topological polar surface area (TPSA) is 63.3 Å². The lowest BCUT2D eigenvalue weighted by atomic mass is 10.00. The summed E-state index contributed by atoms with van der Waals surface area (Å²) in [5, 5.41) is 8.45.